The summed E-state index contributed by atoms with van der Waals surface area (Å²) in [4.78, 5) is 17.1. The van der Waals surface area contributed by atoms with Crippen LogP contribution in [0.3, 0.4) is 0 Å². The van der Waals surface area contributed by atoms with Gasteiger partial charge in [-0.1, -0.05) is 0 Å². The highest BCUT2D eigenvalue weighted by atomic mass is 16.5. The molecule has 2 N–H and O–H groups in total. The zero-order valence-corrected chi connectivity index (χ0v) is 18.9. The van der Waals surface area contributed by atoms with Gasteiger partial charge in [0.25, 0.3) is 0 Å². The van der Waals surface area contributed by atoms with E-state index in [0.717, 1.165) is 41.2 Å². The van der Waals surface area contributed by atoms with Gasteiger partial charge in [-0.3, -0.25) is 0 Å². The van der Waals surface area contributed by atoms with Crippen molar-refractivity contribution in [1.82, 2.24) is 19.9 Å². The Kier molecular flexibility index (Phi) is 6.46. The Bertz CT molecular complexity index is 1030. The predicted molar refractivity (Wildman–Crippen MR) is 125 cm³/mol. The smallest absolute Gasteiger partial charge is 0.179 e. The second kappa shape index (κ2) is 9.43. The Morgan fingerprint density at radius 2 is 1.97 bits per heavy atom. The molecular formula is C23H32N6O2. The summed E-state index contributed by atoms with van der Waals surface area (Å²) in [5, 5.41) is 4.38. The van der Waals surface area contributed by atoms with Crippen LogP contribution in [0, 0.1) is 6.92 Å². The van der Waals surface area contributed by atoms with Crippen molar-refractivity contribution >= 4 is 28.4 Å². The van der Waals surface area contributed by atoms with E-state index in [-0.39, 0.29) is 0 Å². The molecule has 0 unspecified atom stereocenters. The number of aryl methyl sites for hydroxylation is 1. The van der Waals surface area contributed by atoms with Crippen LogP contribution in [-0.2, 0) is 0 Å². The molecule has 0 bridgehead atoms. The highest BCUT2D eigenvalue weighted by Crippen LogP contribution is 2.32. The molecule has 1 saturated heterocycles. The molecule has 0 aliphatic carbocycles. The van der Waals surface area contributed by atoms with Gasteiger partial charge in [0.05, 0.1) is 25.4 Å². The van der Waals surface area contributed by atoms with Crippen LogP contribution < -0.4 is 19.7 Å². The molecule has 1 fully saturated rings. The summed E-state index contributed by atoms with van der Waals surface area (Å²) in [5.74, 6) is 3.77. The van der Waals surface area contributed by atoms with E-state index in [1.807, 2.05) is 38.1 Å². The van der Waals surface area contributed by atoms with Gasteiger partial charge < -0.3 is 29.6 Å². The third-order valence-electron chi connectivity index (χ3n) is 5.59. The fourth-order valence-electron chi connectivity index (χ4n) is 3.94. The number of hydrogen-bond donors (Lipinski definition) is 2. The number of likely N-dealkylation sites (tertiary alicyclic amines) is 1. The van der Waals surface area contributed by atoms with Gasteiger partial charge in [-0.2, -0.15) is 0 Å². The van der Waals surface area contributed by atoms with Crippen LogP contribution in [0.4, 0.5) is 17.5 Å². The molecule has 31 heavy (non-hydrogen) atoms. The summed E-state index contributed by atoms with van der Waals surface area (Å²) < 4.78 is 11.5. The Morgan fingerprint density at radius 1 is 1.16 bits per heavy atom. The van der Waals surface area contributed by atoms with Crippen molar-refractivity contribution < 1.29 is 9.47 Å². The largest absolute Gasteiger partial charge is 0.491 e. The van der Waals surface area contributed by atoms with Crippen LogP contribution in [-0.4, -0.2) is 67.3 Å². The first-order valence-corrected chi connectivity index (χ1v) is 10.9. The molecule has 3 aromatic heterocycles. The molecule has 4 rings (SSSR count). The average molecular weight is 425 g/mol. The summed E-state index contributed by atoms with van der Waals surface area (Å²) in [6.45, 7) is 6.12. The Labute approximate surface area is 183 Å². The van der Waals surface area contributed by atoms with Crippen molar-refractivity contribution in [1.29, 1.82) is 0 Å². The third kappa shape index (κ3) is 5.02. The van der Waals surface area contributed by atoms with E-state index < -0.39 is 0 Å². The van der Waals surface area contributed by atoms with E-state index in [2.05, 4.69) is 26.3 Å². The van der Waals surface area contributed by atoms with Crippen LogP contribution in [0.15, 0.2) is 24.4 Å². The number of fused-ring (bicyclic) bond motifs is 1. The second-order valence-corrected chi connectivity index (χ2v) is 8.22. The number of ether oxygens (including phenoxy) is 2. The number of H-pyrrole nitrogens is 1. The molecule has 0 spiro atoms. The monoisotopic (exact) mass is 424 g/mol. The molecule has 1 aliphatic rings. The topological polar surface area (TPSA) is 78.5 Å². The second-order valence-electron chi connectivity index (χ2n) is 8.22. The minimum atomic E-state index is 0.630. The molecule has 8 nitrogen and oxygen atoms in total. The number of hydrogen-bond acceptors (Lipinski definition) is 7. The van der Waals surface area contributed by atoms with Crippen molar-refractivity contribution in [3.05, 3.63) is 30.1 Å². The Morgan fingerprint density at radius 3 is 2.71 bits per heavy atom. The van der Waals surface area contributed by atoms with Crippen LogP contribution in [0.25, 0.3) is 10.9 Å². The van der Waals surface area contributed by atoms with E-state index in [4.69, 9.17) is 14.5 Å². The van der Waals surface area contributed by atoms with Crippen LogP contribution >= 0.6 is 0 Å². The minimum absolute atomic E-state index is 0.630. The van der Waals surface area contributed by atoms with Crippen molar-refractivity contribution in [3.63, 3.8) is 0 Å². The lowest BCUT2D eigenvalue weighted by atomic mass is 10.2. The minimum Gasteiger partial charge on any atom is -0.491 e. The lowest BCUT2D eigenvalue weighted by Crippen LogP contribution is -2.21. The number of methoxy groups -OCH3 is 1. The maximum atomic E-state index is 6.05. The van der Waals surface area contributed by atoms with E-state index in [0.29, 0.717) is 23.9 Å². The maximum absolute atomic E-state index is 6.05. The maximum Gasteiger partial charge on any atom is 0.179 e. The molecule has 0 amide bonds. The van der Waals surface area contributed by atoms with Crippen molar-refractivity contribution in [2.75, 3.05) is 57.7 Å². The number of aromatic amines is 1. The first-order chi connectivity index (χ1) is 15.0. The predicted octanol–water partition coefficient (Wildman–Crippen LogP) is 3.95. The number of rotatable bonds is 9. The SMILES string of the molecule is COc1cnc(Nc2nc(C)cc3[nH]c(N(C)C)cc23)cc1OCCCN1CCCC1. The summed E-state index contributed by atoms with van der Waals surface area (Å²) in [5.41, 5.74) is 1.96. The van der Waals surface area contributed by atoms with E-state index in [1.54, 1.807) is 13.3 Å². The van der Waals surface area contributed by atoms with Gasteiger partial charge in [0, 0.05) is 37.8 Å². The summed E-state index contributed by atoms with van der Waals surface area (Å²) in [6, 6.07) is 6.01. The van der Waals surface area contributed by atoms with E-state index in [1.165, 1.54) is 25.9 Å². The number of aromatic nitrogens is 3. The van der Waals surface area contributed by atoms with Gasteiger partial charge in [-0.15, -0.1) is 0 Å². The van der Waals surface area contributed by atoms with Gasteiger partial charge in [-0.25, -0.2) is 9.97 Å². The average Bonchev–Trinajstić information content (AvgIpc) is 3.41. The fourth-order valence-corrected chi connectivity index (χ4v) is 3.94. The first kappa shape index (κ1) is 21.2. The summed E-state index contributed by atoms with van der Waals surface area (Å²) in [7, 11) is 5.66. The van der Waals surface area contributed by atoms with Crippen molar-refractivity contribution in [2.45, 2.75) is 26.2 Å². The number of nitrogens with one attached hydrogen (secondary N) is 2. The van der Waals surface area contributed by atoms with Crippen molar-refractivity contribution in [2.24, 2.45) is 0 Å². The fraction of sp³-hybridized carbons (Fsp3) is 0.478. The van der Waals surface area contributed by atoms with E-state index in [9.17, 15) is 0 Å². The van der Waals surface area contributed by atoms with E-state index >= 15 is 0 Å². The lowest BCUT2D eigenvalue weighted by molar-refractivity contribution is 0.254. The van der Waals surface area contributed by atoms with Gasteiger partial charge in [0.1, 0.15) is 17.5 Å². The van der Waals surface area contributed by atoms with Crippen LogP contribution in [0.2, 0.25) is 0 Å². The first-order valence-electron chi connectivity index (χ1n) is 10.9. The highest BCUT2D eigenvalue weighted by molar-refractivity contribution is 5.94. The van der Waals surface area contributed by atoms with Crippen LogP contribution in [0.5, 0.6) is 11.5 Å². The molecule has 1 aliphatic heterocycles. The summed E-state index contributed by atoms with van der Waals surface area (Å²) >= 11 is 0. The number of pyridine rings is 2. The molecule has 0 aromatic carbocycles. The van der Waals surface area contributed by atoms with Gasteiger partial charge in [0.2, 0.25) is 0 Å². The number of nitrogens with zero attached hydrogens (tertiary/aromatic N) is 4. The standard InChI is InChI=1S/C23H32N6O2/c1-16-12-18-17(13-22(26-18)28(2)3)23(25-16)27-21-14-19(20(30-4)15-24-21)31-11-7-10-29-8-5-6-9-29/h12-15,26H,5-11H2,1-4H3,(H,24,25,27). The molecule has 166 valence electrons. The highest BCUT2D eigenvalue weighted by Gasteiger charge is 2.14. The molecule has 0 atom stereocenters. The molecule has 3 aromatic rings. The third-order valence-corrected chi connectivity index (χ3v) is 5.59. The molecule has 8 heteroatoms. The number of anilines is 3. The zero-order chi connectivity index (χ0) is 21.8. The van der Waals surface area contributed by atoms with Gasteiger partial charge >= 0.3 is 0 Å². The molecule has 0 radical (unpaired) electrons. The molecule has 0 saturated carbocycles. The van der Waals surface area contributed by atoms with Crippen LogP contribution in [0.1, 0.15) is 25.0 Å². The lowest BCUT2D eigenvalue weighted by Gasteiger charge is -2.16. The Balaban J connectivity index is 1.50. The van der Waals surface area contributed by atoms with Gasteiger partial charge in [-0.05, 0) is 51.4 Å². The summed E-state index contributed by atoms with van der Waals surface area (Å²) in [6.07, 6.45) is 5.30. The van der Waals surface area contributed by atoms with Gasteiger partial charge in [0.15, 0.2) is 11.5 Å². The van der Waals surface area contributed by atoms with Crippen molar-refractivity contribution in [3.8, 4) is 11.5 Å². The zero-order valence-electron chi connectivity index (χ0n) is 18.9. The Hall–Kier alpha value is -3.00. The normalized spacial score (nSPS) is 14.2. The molecular weight excluding hydrogens is 392 g/mol. The molecule has 4 heterocycles. The quantitative estimate of drug-likeness (QED) is 0.504.